The van der Waals surface area contributed by atoms with Crippen molar-refractivity contribution in [3.8, 4) is 0 Å². The molecule has 1 aromatic heterocycles. The molecule has 2 N–H and O–H groups in total. The van der Waals surface area contributed by atoms with Gasteiger partial charge in [-0.15, -0.1) is 0 Å². The van der Waals surface area contributed by atoms with Gasteiger partial charge in [0.2, 0.25) is 0 Å². The summed E-state index contributed by atoms with van der Waals surface area (Å²) in [6, 6.07) is 2.61. The Morgan fingerprint density at radius 2 is 1.89 bits per heavy atom. The lowest BCUT2D eigenvalue weighted by molar-refractivity contribution is 0.546. The summed E-state index contributed by atoms with van der Waals surface area (Å²) in [5, 5.41) is 6.86. The second-order valence-electron chi connectivity index (χ2n) is 6.60. The van der Waals surface area contributed by atoms with Crippen molar-refractivity contribution in [2.24, 2.45) is 5.92 Å². The first kappa shape index (κ1) is 14.1. The lowest BCUT2D eigenvalue weighted by Gasteiger charge is -2.19. The molecule has 1 heterocycles. The van der Waals surface area contributed by atoms with E-state index in [1.165, 1.54) is 6.42 Å². The van der Waals surface area contributed by atoms with E-state index >= 15 is 0 Å². The van der Waals surface area contributed by atoms with Gasteiger partial charge in [0.15, 0.2) is 0 Å². The minimum absolute atomic E-state index is 0.0322. The van der Waals surface area contributed by atoms with Gasteiger partial charge in [-0.05, 0) is 18.8 Å². The molecule has 0 saturated heterocycles. The van der Waals surface area contributed by atoms with Crippen molar-refractivity contribution in [3.63, 3.8) is 0 Å². The van der Waals surface area contributed by atoms with Crippen LogP contribution in [0.15, 0.2) is 6.07 Å². The molecule has 0 amide bonds. The highest BCUT2D eigenvalue weighted by Crippen LogP contribution is 2.33. The summed E-state index contributed by atoms with van der Waals surface area (Å²) in [5.74, 6) is 3.54. The molecule has 0 radical (unpaired) electrons. The fourth-order valence-electron chi connectivity index (χ4n) is 1.91. The summed E-state index contributed by atoms with van der Waals surface area (Å²) in [6.45, 7) is 11.8. The molecule has 1 aromatic rings. The van der Waals surface area contributed by atoms with Crippen LogP contribution in [0.5, 0.6) is 0 Å². The van der Waals surface area contributed by atoms with Gasteiger partial charge < -0.3 is 10.6 Å². The molecule has 2 unspecified atom stereocenters. The lowest BCUT2D eigenvalue weighted by Crippen LogP contribution is -2.19. The summed E-state index contributed by atoms with van der Waals surface area (Å²) < 4.78 is 0. The number of rotatable bonds is 5. The van der Waals surface area contributed by atoms with E-state index in [-0.39, 0.29) is 5.41 Å². The van der Waals surface area contributed by atoms with Crippen molar-refractivity contribution in [2.75, 3.05) is 17.2 Å². The molecule has 0 spiro atoms. The van der Waals surface area contributed by atoms with Crippen molar-refractivity contribution >= 4 is 11.6 Å². The maximum atomic E-state index is 4.67. The van der Waals surface area contributed by atoms with Gasteiger partial charge in [0, 0.05) is 24.1 Å². The molecule has 4 nitrogen and oxygen atoms in total. The van der Waals surface area contributed by atoms with E-state index in [1.54, 1.807) is 0 Å². The molecule has 0 aromatic carbocycles. The number of hydrogen-bond acceptors (Lipinski definition) is 4. The second-order valence-corrected chi connectivity index (χ2v) is 6.60. The van der Waals surface area contributed by atoms with Crippen molar-refractivity contribution in [2.45, 2.75) is 58.9 Å². The van der Waals surface area contributed by atoms with E-state index in [0.29, 0.717) is 6.04 Å². The third-order valence-electron chi connectivity index (χ3n) is 3.40. The second kappa shape index (κ2) is 5.35. The molecular formula is C15H26N4. The van der Waals surface area contributed by atoms with E-state index in [0.717, 1.165) is 36.3 Å². The van der Waals surface area contributed by atoms with Gasteiger partial charge in [-0.25, -0.2) is 9.97 Å². The molecule has 1 aliphatic rings. The first-order valence-electron chi connectivity index (χ1n) is 7.30. The minimum Gasteiger partial charge on any atom is -0.370 e. The number of nitrogens with zero attached hydrogens (tertiary/aromatic N) is 2. The van der Waals surface area contributed by atoms with E-state index in [1.807, 2.05) is 6.07 Å². The molecule has 1 saturated carbocycles. The molecular weight excluding hydrogens is 236 g/mol. The quantitative estimate of drug-likeness (QED) is 0.853. The largest absolute Gasteiger partial charge is 0.370 e. The smallest absolute Gasteiger partial charge is 0.138 e. The van der Waals surface area contributed by atoms with E-state index in [2.05, 4.69) is 55.2 Å². The summed E-state index contributed by atoms with van der Waals surface area (Å²) in [4.78, 5) is 9.29. The molecule has 0 aliphatic heterocycles. The highest BCUT2D eigenvalue weighted by molar-refractivity contribution is 5.49. The minimum atomic E-state index is -0.0322. The maximum Gasteiger partial charge on any atom is 0.138 e. The number of anilines is 2. The zero-order valence-corrected chi connectivity index (χ0v) is 12.7. The third-order valence-corrected chi connectivity index (χ3v) is 3.40. The van der Waals surface area contributed by atoms with Gasteiger partial charge >= 0.3 is 0 Å². The Kier molecular flexibility index (Phi) is 3.97. The van der Waals surface area contributed by atoms with Crippen LogP contribution in [0.3, 0.4) is 0 Å². The van der Waals surface area contributed by atoms with Crippen molar-refractivity contribution in [1.82, 2.24) is 9.97 Å². The topological polar surface area (TPSA) is 49.8 Å². The third kappa shape index (κ3) is 3.82. The standard InChI is InChI=1S/C15H26N4/c1-6-7-16-12-9-13(17-11-8-10(11)2)19-14(18-12)15(3,4)5/h9-11H,6-8H2,1-5H3,(H2,16,17,18,19). The molecule has 1 aliphatic carbocycles. The fourth-order valence-corrected chi connectivity index (χ4v) is 1.91. The lowest BCUT2D eigenvalue weighted by atomic mass is 9.96. The molecule has 19 heavy (non-hydrogen) atoms. The molecule has 2 atom stereocenters. The van der Waals surface area contributed by atoms with Crippen LogP contribution in [0.4, 0.5) is 11.6 Å². The molecule has 1 fully saturated rings. The normalized spacial score (nSPS) is 22.2. The highest BCUT2D eigenvalue weighted by Gasteiger charge is 2.33. The van der Waals surface area contributed by atoms with Gasteiger partial charge in [-0.3, -0.25) is 0 Å². The molecule has 0 bridgehead atoms. The van der Waals surface area contributed by atoms with Crippen LogP contribution < -0.4 is 10.6 Å². The Labute approximate surface area is 116 Å². The van der Waals surface area contributed by atoms with Gasteiger partial charge in [-0.1, -0.05) is 34.6 Å². The highest BCUT2D eigenvalue weighted by atomic mass is 15.1. The number of nitrogens with one attached hydrogen (secondary N) is 2. The van der Waals surface area contributed by atoms with Crippen molar-refractivity contribution < 1.29 is 0 Å². The Morgan fingerprint density at radius 3 is 2.42 bits per heavy atom. The summed E-state index contributed by atoms with van der Waals surface area (Å²) >= 11 is 0. The zero-order chi connectivity index (χ0) is 14.0. The Balaban J connectivity index is 2.20. The average molecular weight is 262 g/mol. The Morgan fingerprint density at radius 1 is 1.26 bits per heavy atom. The van der Waals surface area contributed by atoms with Crippen LogP contribution in [0.25, 0.3) is 0 Å². The molecule has 4 heteroatoms. The first-order chi connectivity index (χ1) is 8.90. The predicted octanol–water partition coefficient (Wildman–Crippen LogP) is 3.42. The van der Waals surface area contributed by atoms with Gasteiger partial charge in [0.25, 0.3) is 0 Å². The Bertz CT molecular complexity index is 436. The van der Waals surface area contributed by atoms with Gasteiger partial charge in [0.05, 0.1) is 0 Å². The van der Waals surface area contributed by atoms with E-state index < -0.39 is 0 Å². The van der Waals surface area contributed by atoms with Gasteiger partial charge in [-0.2, -0.15) is 0 Å². The number of aromatic nitrogens is 2. The predicted molar refractivity (Wildman–Crippen MR) is 80.7 cm³/mol. The van der Waals surface area contributed by atoms with Crippen LogP contribution in [0.1, 0.15) is 53.3 Å². The van der Waals surface area contributed by atoms with Crippen molar-refractivity contribution in [3.05, 3.63) is 11.9 Å². The summed E-state index contributed by atoms with van der Waals surface area (Å²) in [5.41, 5.74) is -0.0322. The van der Waals surface area contributed by atoms with Crippen LogP contribution >= 0.6 is 0 Å². The van der Waals surface area contributed by atoms with E-state index in [4.69, 9.17) is 0 Å². The monoisotopic (exact) mass is 262 g/mol. The fraction of sp³-hybridized carbons (Fsp3) is 0.733. The summed E-state index contributed by atoms with van der Waals surface area (Å²) in [6.07, 6.45) is 2.34. The first-order valence-corrected chi connectivity index (χ1v) is 7.30. The SMILES string of the molecule is CCCNc1cc(NC2CC2C)nc(C(C)(C)C)n1. The van der Waals surface area contributed by atoms with E-state index in [9.17, 15) is 0 Å². The van der Waals surface area contributed by atoms with Crippen LogP contribution in [0.2, 0.25) is 0 Å². The summed E-state index contributed by atoms with van der Waals surface area (Å²) in [7, 11) is 0. The average Bonchev–Trinajstić information content (AvgIpc) is 3.01. The van der Waals surface area contributed by atoms with Crippen LogP contribution in [-0.2, 0) is 5.41 Å². The number of hydrogen-bond donors (Lipinski definition) is 2. The van der Waals surface area contributed by atoms with Gasteiger partial charge in [0.1, 0.15) is 17.5 Å². The zero-order valence-electron chi connectivity index (χ0n) is 12.7. The molecule has 106 valence electrons. The molecule has 2 rings (SSSR count). The van der Waals surface area contributed by atoms with Crippen LogP contribution in [0, 0.1) is 5.92 Å². The van der Waals surface area contributed by atoms with Crippen LogP contribution in [-0.4, -0.2) is 22.6 Å². The maximum absolute atomic E-state index is 4.67. The van der Waals surface area contributed by atoms with Crippen molar-refractivity contribution in [1.29, 1.82) is 0 Å². The Hall–Kier alpha value is -1.32.